The van der Waals surface area contributed by atoms with Gasteiger partial charge in [-0.2, -0.15) is 13.2 Å². The fourth-order valence-electron chi connectivity index (χ4n) is 3.35. The second-order valence-corrected chi connectivity index (χ2v) is 8.12. The molecule has 0 atom stereocenters. The van der Waals surface area contributed by atoms with Gasteiger partial charge in [-0.25, -0.2) is 0 Å². The van der Waals surface area contributed by atoms with E-state index in [2.05, 4.69) is 54.6 Å². The minimum Gasteiger partial charge on any atom is -0.504 e. The summed E-state index contributed by atoms with van der Waals surface area (Å²) in [5, 5.41) is 13.6. The van der Waals surface area contributed by atoms with Crippen LogP contribution in [0.15, 0.2) is 102 Å². The number of thiophene rings is 1. The molecule has 5 aromatic rings. The minimum absolute atomic E-state index is 0. The van der Waals surface area contributed by atoms with E-state index >= 15 is 0 Å². The van der Waals surface area contributed by atoms with Gasteiger partial charge in [0.25, 0.3) is 0 Å². The smallest absolute Gasteiger partial charge is 0.448 e. The third kappa shape index (κ3) is 6.22. The van der Waals surface area contributed by atoms with Crippen LogP contribution in [0.5, 0.6) is 0 Å². The van der Waals surface area contributed by atoms with Crippen LogP contribution < -0.4 is 0 Å². The molecular formula is C27H17F3IrNO2S-. The molecule has 0 aliphatic rings. The molecule has 0 aliphatic carbocycles. The zero-order valence-electron chi connectivity index (χ0n) is 17.9. The van der Waals surface area contributed by atoms with Crippen molar-refractivity contribution in [1.29, 1.82) is 0 Å². The fourth-order valence-corrected chi connectivity index (χ4v) is 3.98. The number of hydrogen-bond donors (Lipinski definition) is 1. The standard InChI is InChI=1S/C19H12N.C8H5F3O2S.Ir/c1-2-8-14(9-3-1)19-17-12-5-4-10-15(17)16-11-6-7-13-18(16)20-19;9-8(10,11)7(13)4-5(12)6-2-1-3-14-6;/h1-8,10-13H;1-4,13H;/q-1;;/b;7-4-;. The van der Waals surface area contributed by atoms with Gasteiger partial charge in [0.1, 0.15) is 0 Å². The number of carbonyl (C=O) groups excluding carboxylic acids is 1. The SMILES string of the molecule is O=C(/C=C(\O)C(F)(F)F)c1cccs1.[Ir].[c-]1ccccc1-c1nc2ccccc2c2ccccc12. The average molecular weight is 669 g/mol. The summed E-state index contributed by atoms with van der Waals surface area (Å²) >= 11 is 1.01. The molecular weight excluding hydrogens is 652 g/mol. The molecule has 0 fully saturated rings. The number of fused-ring (bicyclic) bond motifs is 3. The van der Waals surface area contributed by atoms with Crippen LogP contribution in [0, 0.1) is 6.07 Å². The molecule has 2 heterocycles. The van der Waals surface area contributed by atoms with Crippen molar-refractivity contribution in [3.05, 3.63) is 113 Å². The number of nitrogens with zero attached hydrogens (tertiary/aromatic N) is 1. The molecule has 0 amide bonds. The topological polar surface area (TPSA) is 50.2 Å². The second-order valence-electron chi connectivity index (χ2n) is 7.17. The molecule has 5 rings (SSSR count). The number of rotatable bonds is 3. The van der Waals surface area contributed by atoms with E-state index in [1.54, 1.807) is 5.38 Å². The predicted molar refractivity (Wildman–Crippen MR) is 129 cm³/mol. The van der Waals surface area contributed by atoms with Gasteiger partial charge in [-0.3, -0.25) is 9.78 Å². The van der Waals surface area contributed by atoms with Crippen LogP contribution in [0.4, 0.5) is 13.2 Å². The summed E-state index contributed by atoms with van der Waals surface area (Å²) in [6, 6.07) is 30.9. The Bertz CT molecular complexity index is 1470. The van der Waals surface area contributed by atoms with Crippen molar-refractivity contribution in [2.24, 2.45) is 0 Å². The summed E-state index contributed by atoms with van der Waals surface area (Å²) < 4.78 is 35.4. The molecule has 0 unspecified atom stereocenters. The van der Waals surface area contributed by atoms with Crippen LogP contribution in [-0.2, 0) is 20.1 Å². The number of aromatic nitrogens is 1. The Labute approximate surface area is 216 Å². The molecule has 3 nitrogen and oxygen atoms in total. The molecule has 179 valence electrons. The second kappa shape index (κ2) is 11.4. The average Bonchev–Trinajstić information content (AvgIpc) is 3.39. The Morgan fingerprint density at radius 2 is 1.54 bits per heavy atom. The van der Waals surface area contributed by atoms with E-state index in [4.69, 9.17) is 10.1 Å². The first-order chi connectivity index (χ1) is 16.3. The fraction of sp³-hybridized carbons (Fsp3) is 0.0370. The number of halogens is 3. The molecule has 0 spiro atoms. The van der Waals surface area contributed by atoms with Crippen LogP contribution >= 0.6 is 11.3 Å². The number of benzene rings is 3. The van der Waals surface area contributed by atoms with Crippen molar-refractivity contribution < 1.29 is 43.2 Å². The molecule has 0 aliphatic heterocycles. The maximum absolute atomic E-state index is 11.8. The van der Waals surface area contributed by atoms with Gasteiger partial charge >= 0.3 is 6.18 Å². The summed E-state index contributed by atoms with van der Waals surface area (Å²) in [7, 11) is 0. The molecule has 2 aromatic heterocycles. The van der Waals surface area contributed by atoms with Crippen molar-refractivity contribution in [2.45, 2.75) is 6.18 Å². The number of aliphatic hydroxyl groups is 1. The van der Waals surface area contributed by atoms with Gasteiger partial charge in [0.2, 0.25) is 5.76 Å². The van der Waals surface area contributed by atoms with Gasteiger partial charge in [-0.1, -0.05) is 48.5 Å². The van der Waals surface area contributed by atoms with Crippen LogP contribution in [0.1, 0.15) is 9.67 Å². The van der Waals surface area contributed by atoms with Crippen LogP contribution in [0.25, 0.3) is 32.9 Å². The van der Waals surface area contributed by atoms with Crippen molar-refractivity contribution in [1.82, 2.24) is 4.98 Å². The Hall–Kier alpha value is -3.32. The van der Waals surface area contributed by atoms with Gasteiger partial charge < -0.3 is 5.11 Å². The summed E-state index contributed by atoms with van der Waals surface area (Å²) in [5.74, 6) is -2.73. The number of alkyl halides is 3. The van der Waals surface area contributed by atoms with E-state index in [9.17, 15) is 18.0 Å². The first kappa shape index (κ1) is 26.3. The number of aliphatic hydroxyl groups excluding tert-OH is 1. The summed E-state index contributed by atoms with van der Waals surface area (Å²) in [4.78, 5) is 16.0. The van der Waals surface area contributed by atoms with Gasteiger partial charge in [0.05, 0.1) is 10.4 Å². The molecule has 1 N–H and O–H groups in total. The Morgan fingerprint density at radius 1 is 0.886 bits per heavy atom. The first-order valence-corrected chi connectivity index (χ1v) is 11.0. The number of allylic oxidation sites excluding steroid dienone is 2. The van der Waals surface area contributed by atoms with Crippen LogP contribution in [0.2, 0.25) is 0 Å². The molecule has 8 heteroatoms. The van der Waals surface area contributed by atoms with E-state index < -0.39 is 17.7 Å². The van der Waals surface area contributed by atoms with Crippen LogP contribution in [-0.4, -0.2) is 22.1 Å². The first-order valence-electron chi connectivity index (χ1n) is 10.1. The number of pyridine rings is 1. The summed E-state index contributed by atoms with van der Waals surface area (Å²) in [5.41, 5.74) is 3.06. The summed E-state index contributed by atoms with van der Waals surface area (Å²) in [6.07, 6.45) is -4.70. The maximum Gasteiger partial charge on any atom is 0.448 e. The van der Waals surface area contributed by atoms with E-state index in [1.165, 1.54) is 28.3 Å². The molecule has 0 saturated heterocycles. The Kier molecular flexibility index (Phi) is 8.57. The van der Waals surface area contributed by atoms with Gasteiger partial charge in [0, 0.05) is 31.6 Å². The molecule has 3 aromatic carbocycles. The quantitative estimate of drug-likeness (QED) is 0.0703. The Balaban J connectivity index is 0.000000203. The minimum atomic E-state index is -4.87. The number of hydrogen-bond acceptors (Lipinski definition) is 4. The molecule has 0 saturated carbocycles. The third-order valence-electron chi connectivity index (χ3n) is 4.90. The maximum atomic E-state index is 11.8. The third-order valence-corrected chi connectivity index (χ3v) is 5.78. The van der Waals surface area contributed by atoms with Crippen molar-refractivity contribution >= 4 is 38.8 Å². The normalized spacial score (nSPS) is 11.5. The van der Waals surface area contributed by atoms with E-state index in [0.717, 1.165) is 28.1 Å². The van der Waals surface area contributed by atoms with E-state index in [-0.39, 0.29) is 31.1 Å². The summed E-state index contributed by atoms with van der Waals surface area (Å²) in [6.45, 7) is 0. The molecule has 1 radical (unpaired) electrons. The van der Waals surface area contributed by atoms with Gasteiger partial charge in [-0.05, 0) is 34.0 Å². The van der Waals surface area contributed by atoms with Crippen molar-refractivity contribution in [2.75, 3.05) is 0 Å². The van der Waals surface area contributed by atoms with Crippen molar-refractivity contribution in [3.8, 4) is 11.3 Å². The van der Waals surface area contributed by atoms with Gasteiger partial charge in [-0.15, -0.1) is 47.2 Å². The largest absolute Gasteiger partial charge is 0.504 e. The van der Waals surface area contributed by atoms with Gasteiger partial charge in [0.15, 0.2) is 5.78 Å². The number of para-hydroxylation sites is 1. The molecule has 35 heavy (non-hydrogen) atoms. The molecule has 0 bridgehead atoms. The van der Waals surface area contributed by atoms with Crippen LogP contribution in [0.3, 0.4) is 0 Å². The van der Waals surface area contributed by atoms with E-state index in [0.29, 0.717) is 0 Å². The number of ketones is 1. The zero-order chi connectivity index (χ0) is 24.1. The van der Waals surface area contributed by atoms with Crippen molar-refractivity contribution in [3.63, 3.8) is 0 Å². The number of carbonyl (C=O) groups is 1. The predicted octanol–water partition coefficient (Wildman–Crippen LogP) is 7.79. The van der Waals surface area contributed by atoms with E-state index in [1.807, 2.05) is 24.3 Å². The zero-order valence-corrected chi connectivity index (χ0v) is 21.1. The Morgan fingerprint density at radius 3 is 2.17 bits per heavy atom. The monoisotopic (exact) mass is 669 g/mol.